The molecule has 3 nitrogen and oxygen atoms in total. The zero-order valence-electron chi connectivity index (χ0n) is 6.66. The van der Waals surface area contributed by atoms with Gasteiger partial charge in [-0.2, -0.15) is 4.37 Å². The van der Waals surface area contributed by atoms with E-state index in [4.69, 9.17) is 16.3 Å². The fourth-order valence-electron chi connectivity index (χ4n) is 1.34. The summed E-state index contributed by atoms with van der Waals surface area (Å²) in [7, 11) is 0. The van der Waals surface area contributed by atoms with Gasteiger partial charge in [-0.15, -0.1) is 0 Å². The fraction of sp³-hybridized carbons (Fsp3) is 0.714. The summed E-state index contributed by atoms with van der Waals surface area (Å²) < 4.78 is 9.43. The lowest BCUT2D eigenvalue weighted by Crippen LogP contribution is -2.02. The molecule has 2 unspecified atom stereocenters. The molecule has 2 heterocycles. The molecule has 1 saturated heterocycles. The summed E-state index contributed by atoms with van der Waals surface area (Å²) in [5.41, 5.74) is 0. The molecule has 2 rings (SSSR count). The molecule has 0 saturated carbocycles. The average Bonchev–Trinajstić information content (AvgIpc) is 2.58. The van der Waals surface area contributed by atoms with E-state index in [9.17, 15) is 0 Å². The second kappa shape index (κ2) is 3.28. The van der Waals surface area contributed by atoms with Crippen molar-refractivity contribution in [1.29, 1.82) is 0 Å². The lowest BCUT2D eigenvalue weighted by molar-refractivity contribution is 0.0943. The van der Waals surface area contributed by atoms with Crippen molar-refractivity contribution in [2.45, 2.75) is 19.4 Å². The van der Waals surface area contributed by atoms with Crippen molar-refractivity contribution in [2.75, 3.05) is 6.61 Å². The minimum Gasteiger partial charge on any atom is -0.371 e. The topological polar surface area (TPSA) is 35.0 Å². The molecule has 1 aromatic heterocycles. The standard InChI is InChI=1S/C7H9ClN2OS/c1-4-2-3-11-5(4)6-9-7(8)10-12-6/h4-5H,2-3H2,1H3. The maximum atomic E-state index is 5.62. The van der Waals surface area contributed by atoms with Crippen molar-refractivity contribution in [3.05, 3.63) is 10.3 Å². The Morgan fingerprint density at radius 2 is 2.50 bits per heavy atom. The van der Waals surface area contributed by atoms with E-state index >= 15 is 0 Å². The van der Waals surface area contributed by atoms with Gasteiger partial charge in [0.15, 0.2) is 0 Å². The summed E-state index contributed by atoms with van der Waals surface area (Å²) in [5.74, 6) is 0.536. The number of rotatable bonds is 1. The predicted molar refractivity (Wildman–Crippen MR) is 47.4 cm³/mol. The maximum Gasteiger partial charge on any atom is 0.234 e. The molecule has 1 fully saturated rings. The van der Waals surface area contributed by atoms with Gasteiger partial charge in [0.05, 0.1) is 0 Å². The molecule has 1 aromatic rings. The minimum atomic E-state index is 0.120. The van der Waals surface area contributed by atoms with Crippen LogP contribution in [0.15, 0.2) is 0 Å². The van der Waals surface area contributed by atoms with Crippen LogP contribution < -0.4 is 0 Å². The first-order valence-electron chi connectivity index (χ1n) is 3.88. The van der Waals surface area contributed by atoms with E-state index in [0.717, 1.165) is 18.0 Å². The van der Waals surface area contributed by atoms with Gasteiger partial charge < -0.3 is 4.74 Å². The molecule has 0 N–H and O–H groups in total. The van der Waals surface area contributed by atoms with Crippen molar-refractivity contribution in [3.8, 4) is 0 Å². The van der Waals surface area contributed by atoms with Crippen LogP contribution in [0.2, 0.25) is 5.28 Å². The van der Waals surface area contributed by atoms with Gasteiger partial charge in [0.2, 0.25) is 5.28 Å². The molecule has 0 aromatic carbocycles. The number of halogens is 1. The van der Waals surface area contributed by atoms with Gasteiger partial charge in [-0.25, -0.2) is 4.98 Å². The summed E-state index contributed by atoms with van der Waals surface area (Å²) in [6.45, 7) is 2.98. The summed E-state index contributed by atoms with van der Waals surface area (Å²) in [6.07, 6.45) is 1.22. The number of hydrogen-bond acceptors (Lipinski definition) is 4. The monoisotopic (exact) mass is 204 g/mol. The molecule has 66 valence electrons. The van der Waals surface area contributed by atoms with Crippen molar-refractivity contribution in [3.63, 3.8) is 0 Å². The largest absolute Gasteiger partial charge is 0.371 e. The smallest absolute Gasteiger partial charge is 0.234 e. The Balaban J connectivity index is 2.19. The van der Waals surface area contributed by atoms with Crippen LogP contribution in [0.3, 0.4) is 0 Å². The SMILES string of the molecule is CC1CCOC1c1nc(Cl)ns1. The second-order valence-electron chi connectivity index (χ2n) is 2.96. The first-order chi connectivity index (χ1) is 5.77. The highest BCUT2D eigenvalue weighted by Gasteiger charge is 2.28. The zero-order chi connectivity index (χ0) is 8.55. The van der Waals surface area contributed by atoms with Crippen LogP contribution >= 0.6 is 23.1 Å². The Labute approximate surface area is 79.9 Å². The van der Waals surface area contributed by atoms with Crippen LogP contribution in [0, 0.1) is 5.92 Å². The van der Waals surface area contributed by atoms with Crippen LogP contribution in [0.5, 0.6) is 0 Å². The van der Waals surface area contributed by atoms with E-state index in [-0.39, 0.29) is 6.10 Å². The van der Waals surface area contributed by atoms with E-state index in [1.165, 1.54) is 11.5 Å². The third-order valence-corrected chi connectivity index (χ3v) is 3.09. The van der Waals surface area contributed by atoms with Gasteiger partial charge in [0, 0.05) is 6.61 Å². The Morgan fingerprint density at radius 1 is 1.67 bits per heavy atom. The van der Waals surface area contributed by atoms with E-state index in [1.807, 2.05) is 0 Å². The van der Waals surface area contributed by atoms with Gasteiger partial charge >= 0.3 is 0 Å². The van der Waals surface area contributed by atoms with E-state index in [1.54, 1.807) is 0 Å². The second-order valence-corrected chi connectivity index (χ2v) is 4.08. The van der Waals surface area contributed by atoms with Gasteiger partial charge in [-0.3, -0.25) is 0 Å². The summed E-state index contributed by atoms with van der Waals surface area (Å²) in [6, 6.07) is 0. The summed E-state index contributed by atoms with van der Waals surface area (Å²) >= 11 is 6.95. The molecule has 1 aliphatic heterocycles. The predicted octanol–water partition coefficient (Wildman–Crippen LogP) is 2.29. The third kappa shape index (κ3) is 1.46. The van der Waals surface area contributed by atoms with Crippen LogP contribution in [-0.4, -0.2) is 16.0 Å². The Bertz CT molecular complexity index is 278. The molecular formula is C7H9ClN2OS. The first kappa shape index (κ1) is 8.41. The van der Waals surface area contributed by atoms with Crippen LogP contribution in [-0.2, 0) is 4.74 Å². The Kier molecular flexibility index (Phi) is 2.30. The van der Waals surface area contributed by atoms with E-state index in [2.05, 4.69) is 16.3 Å². The van der Waals surface area contributed by atoms with Crippen LogP contribution in [0.1, 0.15) is 24.5 Å². The van der Waals surface area contributed by atoms with Crippen molar-refractivity contribution < 1.29 is 4.74 Å². The molecule has 0 bridgehead atoms. The molecule has 0 radical (unpaired) electrons. The summed E-state index contributed by atoms with van der Waals surface area (Å²) in [4.78, 5) is 4.09. The fourth-order valence-corrected chi connectivity index (χ4v) is 2.33. The Morgan fingerprint density at radius 3 is 3.00 bits per heavy atom. The Hall–Kier alpha value is -0.190. The molecule has 5 heteroatoms. The van der Waals surface area contributed by atoms with Crippen molar-refractivity contribution in [2.24, 2.45) is 5.92 Å². The molecule has 0 amide bonds. The van der Waals surface area contributed by atoms with Gasteiger partial charge in [-0.1, -0.05) is 6.92 Å². The van der Waals surface area contributed by atoms with Crippen molar-refractivity contribution in [1.82, 2.24) is 9.36 Å². The molecule has 0 aliphatic carbocycles. The van der Waals surface area contributed by atoms with Gasteiger partial charge in [-0.05, 0) is 35.5 Å². The molecular weight excluding hydrogens is 196 g/mol. The van der Waals surface area contributed by atoms with Crippen LogP contribution in [0.4, 0.5) is 0 Å². The van der Waals surface area contributed by atoms with E-state index < -0.39 is 0 Å². The minimum absolute atomic E-state index is 0.120. The maximum absolute atomic E-state index is 5.62. The first-order valence-corrected chi connectivity index (χ1v) is 5.03. The lowest BCUT2D eigenvalue weighted by atomic mass is 10.1. The van der Waals surface area contributed by atoms with Gasteiger partial charge in [0.1, 0.15) is 11.1 Å². The lowest BCUT2D eigenvalue weighted by Gasteiger charge is -2.09. The van der Waals surface area contributed by atoms with Crippen LogP contribution in [0.25, 0.3) is 0 Å². The highest BCUT2D eigenvalue weighted by Crippen LogP contribution is 2.34. The zero-order valence-corrected chi connectivity index (χ0v) is 8.23. The average molecular weight is 205 g/mol. The molecule has 0 spiro atoms. The highest BCUT2D eigenvalue weighted by atomic mass is 35.5. The normalized spacial score (nSPS) is 29.5. The number of aromatic nitrogens is 2. The molecule has 1 aliphatic rings. The quantitative estimate of drug-likeness (QED) is 0.704. The summed E-state index contributed by atoms with van der Waals surface area (Å²) in [5, 5.41) is 1.24. The molecule has 12 heavy (non-hydrogen) atoms. The van der Waals surface area contributed by atoms with Gasteiger partial charge in [0.25, 0.3) is 0 Å². The highest BCUT2D eigenvalue weighted by molar-refractivity contribution is 7.05. The number of ether oxygens (including phenoxy) is 1. The third-order valence-electron chi connectivity index (χ3n) is 2.05. The van der Waals surface area contributed by atoms with E-state index in [0.29, 0.717) is 11.2 Å². The molecule has 2 atom stereocenters. The number of nitrogens with zero attached hydrogens (tertiary/aromatic N) is 2. The van der Waals surface area contributed by atoms with Crippen molar-refractivity contribution >= 4 is 23.1 Å². The number of hydrogen-bond donors (Lipinski definition) is 0.